The summed E-state index contributed by atoms with van der Waals surface area (Å²) in [7, 11) is 0. The van der Waals surface area contributed by atoms with Gasteiger partial charge in [0, 0.05) is 39.8 Å². The second-order valence-corrected chi connectivity index (χ2v) is 8.54. The second kappa shape index (κ2) is 7.73. The van der Waals surface area contributed by atoms with Crippen molar-refractivity contribution in [1.29, 1.82) is 0 Å². The van der Waals surface area contributed by atoms with E-state index in [0.717, 1.165) is 44.1 Å². The Morgan fingerprint density at radius 1 is 0.971 bits per heavy atom. The highest BCUT2D eigenvalue weighted by molar-refractivity contribution is 5.99. The molecule has 0 bridgehead atoms. The monoisotopic (exact) mass is 450 g/mol. The molecule has 6 rings (SSSR count). The van der Waals surface area contributed by atoms with E-state index in [4.69, 9.17) is 9.97 Å². The number of hydrogen-bond acceptors (Lipinski definition) is 5. The molecular formula is C25H22N8O. The van der Waals surface area contributed by atoms with Crippen LogP contribution in [-0.2, 0) is 0 Å². The summed E-state index contributed by atoms with van der Waals surface area (Å²) >= 11 is 0. The zero-order chi connectivity index (χ0) is 23.2. The molecule has 0 radical (unpaired) electrons. The normalized spacial score (nSPS) is 11.6. The molecule has 0 aliphatic heterocycles. The Bertz CT molecular complexity index is 1670. The van der Waals surface area contributed by atoms with E-state index in [1.54, 1.807) is 6.20 Å². The van der Waals surface area contributed by atoms with Crippen molar-refractivity contribution in [2.75, 3.05) is 5.32 Å². The van der Waals surface area contributed by atoms with Gasteiger partial charge in [-0.2, -0.15) is 5.10 Å². The zero-order valence-electron chi connectivity index (χ0n) is 18.6. The second-order valence-electron chi connectivity index (χ2n) is 8.54. The molecule has 0 atom stereocenters. The average Bonchev–Trinajstić information content (AvgIpc) is 3.56. The summed E-state index contributed by atoms with van der Waals surface area (Å²) in [5, 5.41) is 15.3. The largest absolute Gasteiger partial charge is 0.357 e. The fraction of sp³-hybridized carbons (Fsp3) is 0.120. The van der Waals surface area contributed by atoms with Crippen LogP contribution >= 0.6 is 0 Å². The molecule has 0 spiro atoms. The van der Waals surface area contributed by atoms with Crippen LogP contribution in [0.4, 0.5) is 11.5 Å². The topological polar surface area (TPSA) is 127 Å². The van der Waals surface area contributed by atoms with E-state index >= 15 is 0 Å². The summed E-state index contributed by atoms with van der Waals surface area (Å²) in [6.45, 7) is 3.87. The molecule has 0 saturated heterocycles. The van der Waals surface area contributed by atoms with Gasteiger partial charge in [0.25, 0.3) is 5.91 Å². The van der Waals surface area contributed by atoms with Gasteiger partial charge in [-0.1, -0.05) is 12.1 Å². The lowest BCUT2D eigenvalue weighted by molar-refractivity contribution is 0.0939. The van der Waals surface area contributed by atoms with Crippen LogP contribution in [0.3, 0.4) is 0 Å². The Hall–Kier alpha value is -4.66. The van der Waals surface area contributed by atoms with Gasteiger partial charge in [-0.3, -0.25) is 9.89 Å². The molecule has 1 amide bonds. The number of aromatic nitrogens is 6. The Labute approximate surface area is 194 Å². The van der Waals surface area contributed by atoms with Crippen LogP contribution in [0.5, 0.6) is 0 Å². The fourth-order valence-corrected chi connectivity index (χ4v) is 4.05. The summed E-state index contributed by atoms with van der Waals surface area (Å²) in [4.78, 5) is 28.4. The third kappa shape index (κ3) is 3.53. The molecule has 2 aromatic carbocycles. The third-order valence-electron chi connectivity index (χ3n) is 5.65. The van der Waals surface area contributed by atoms with Gasteiger partial charge in [0.2, 0.25) is 0 Å². The molecule has 9 nitrogen and oxygen atoms in total. The highest BCUT2D eigenvalue weighted by Crippen LogP contribution is 2.29. The zero-order valence-corrected chi connectivity index (χ0v) is 18.6. The summed E-state index contributed by atoms with van der Waals surface area (Å²) < 4.78 is 0. The highest BCUT2D eigenvalue weighted by Gasteiger charge is 2.14. The first-order valence-electron chi connectivity index (χ1n) is 11.0. The molecule has 4 heterocycles. The lowest BCUT2D eigenvalue weighted by Crippen LogP contribution is -2.30. The number of carbonyl (C=O) groups excluding carboxylic acids is 1. The molecule has 6 aromatic rings. The van der Waals surface area contributed by atoms with E-state index in [-0.39, 0.29) is 11.9 Å². The van der Waals surface area contributed by atoms with Gasteiger partial charge >= 0.3 is 0 Å². The number of carbonyl (C=O) groups is 1. The Balaban J connectivity index is 1.39. The van der Waals surface area contributed by atoms with Crippen LogP contribution in [0.15, 0.2) is 60.9 Å². The number of benzene rings is 2. The van der Waals surface area contributed by atoms with Crippen molar-refractivity contribution in [3.8, 4) is 11.4 Å². The maximum Gasteiger partial charge on any atom is 0.267 e. The van der Waals surface area contributed by atoms with Crippen molar-refractivity contribution in [3.63, 3.8) is 0 Å². The van der Waals surface area contributed by atoms with Crippen LogP contribution in [0.1, 0.15) is 24.3 Å². The third-order valence-corrected chi connectivity index (χ3v) is 5.65. The molecular weight excluding hydrogens is 428 g/mol. The van der Waals surface area contributed by atoms with Crippen molar-refractivity contribution in [2.45, 2.75) is 19.9 Å². The van der Waals surface area contributed by atoms with Crippen molar-refractivity contribution >= 4 is 50.3 Å². The van der Waals surface area contributed by atoms with Gasteiger partial charge in [0.1, 0.15) is 11.2 Å². The summed E-state index contributed by atoms with van der Waals surface area (Å²) in [6, 6.07) is 15.7. The predicted molar refractivity (Wildman–Crippen MR) is 133 cm³/mol. The number of nitrogens with zero attached hydrogens (tertiary/aromatic N) is 3. The van der Waals surface area contributed by atoms with Gasteiger partial charge in [0.15, 0.2) is 11.6 Å². The minimum Gasteiger partial charge on any atom is -0.357 e. The van der Waals surface area contributed by atoms with Crippen LogP contribution in [0.2, 0.25) is 0 Å². The number of H-pyrrole nitrogens is 3. The van der Waals surface area contributed by atoms with Crippen molar-refractivity contribution in [2.24, 2.45) is 0 Å². The van der Waals surface area contributed by atoms with Gasteiger partial charge in [-0.15, -0.1) is 0 Å². The molecule has 168 valence electrons. The van der Waals surface area contributed by atoms with E-state index in [2.05, 4.69) is 30.8 Å². The number of aromatic amines is 3. The van der Waals surface area contributed by atoms with E-state index in [9.17, 15) is 4.79 Å². The summed E-state index contributed by atoms with van der Waals surface area (Å²) in [6.07, 6.45) is 3.64. The molecule has 5 N–H and O–H groups in total. The van der Waals surface area contributed by atoms with Crippen LogP contribution < -0.4 is 10.6 Å². The number of nitrogens with one attached hydrogen (secondary N) is 5. The molecule has 0 saturated carbocycles. The summed E-state index contributed by atoms with van der Waals surface area (Å²) in [5.41, 5.74) is 5.73. The maximum absolute atomic E-state index is 12.4. The van der Waals surface area contributed by atoms with E-state index in [0.29, 0.717) is 17.3 Å². The van der Waals surface area contributed by atoms with Crippen molar-refractivity contribution in [3.05, 3.63) is 66.6 Å². The molecule has 34 heavy (non-hydrogen) atoms. The lowest BCUT2D eigenvalue weighted by Gasteiger charge is -2.09. The molecule has 4 aromatic heterocycles. The van der Waals surface area contributed by atoms with Crippen LogP contribution in [-0.4, -0.2) is 42.1 Å². The van der Waals surface area contributed by atoms with Crippen molar-refractivity contribution < 1.29 is 4.79 Å². The minimum absolute atomic E-state index is 0.0658. The molecule has 0 aliphatic rings. The first-order valence-corrected chi connectivity index (χ1v) is 11.0. The molecule has 9 heteroatoms. The minimum atomic E-state index is -0.126. The first kappa shape index (κ1) is 20.0. The Kier molecular flexibility index (Phi) is 4.54. The van der Waals surface area contributed by atoms with E-state index < -0.39 is 0 Å². The smallest absolute Gasteiger partial charge is 0.267 e. The lowest BCUT2D eigenvalue weighted by atomic mass is 10.1. The number of anilines is 2. The SMILES string of the molecule is CC(C)NC(=O)c1cc2ccc(-c3nc(Nc4ccc5[nH]ncc5c4)c4[nH]ccc4n3)cc2[nH]1. The molecule has 0 unspecified atom stereocenters. The first-order chi connectivity index (χ1) is 16.5. The average molecular weight is 451 g/mol. The molecule has 0 aliphatic carbocycles. The maximum atomic E-state index is 12.4. The number of rotatable bonds is 5. The predicted octanol–water partition coefficient (Wildman–Crippen LogP) is 4.86. The Morgan fingerprint density at radius 3 is 2.76 bits per heavy atom. The van der Waals surface area contributed by atoms with Gasteiger partial charge < -0.3 is 20.6 Å². The van der Waals surface area contributed by atoms with Gasteiger partial charge in [-0.05, 0) is 50.2 Å². The van der Waals surface area contributed by atoms with Gasteiger partial charge in [0.05, 0.1) is 17.2 Å². The molecule has 0 fully saturated rings. The van der Waals surface area contributed by atoms with Gasteiger partial charge in [-0.25, -0.2) is 9.97 Å². The Morgan fingerprint density at radius 2 is 1.88 bits per heavy atom. The standard InChI is InChI=1S/C25H22N8O/c1-13(2)28-25(34)21-10-14-3-4-15(11-20(14)30-21)23-31-19-7-8-26-22(19)24(32-23)29-17-5-6-18-16(9-17)12-27-33-18/h3-13,26,30H,1-2H3,(H,27,33)(H,28,34)(H,29,31,32). The van der Waals surface area contributed by atoms with Crippen molar-refractivity contribution in [1.82, 2.24) is 35.5 Å². The fourth-order valence-electron chi connectivity index (χ4n) is 4.05. The van der Waals surface area contributed by atoms with Crippen LogP contribution in [0, 0.1) is 0 Å². The quantitative estimate of drug-likeness (QED) is 0.256. The number of hydrogen-bond donors (Lipinski definition) is 5. The van der Waals surface area contributed by atoms with E-state index in [1.807, 2.05) is 68.6 Å². The van der Waals surface area contributed by atoms with E-state index in [1.165, 1.54) is 0 Å². The highest BCUT2D eigenvalue weighted by atomic mass is 16.1. The number of amides is 1. The van der Waals surface area contributed by atoms with Crippen LogP contribution in [0.25, 0.3) is 44.2 Å². The number of fused-ring (bicyclic) bond motifs is 3. The summed E-state index contributed by atoms with van der Waals surface area (Å²) in [5.74, 6) is 1.14.